The van der Waals surface area contributed by atoms with E-state index in [4.69, 9.17) is 10.8 Å². The fourth-order valence-electron chi connectivity index (χ4n) is 2.42. The third-order valence-electron chi connectivity index (χ3n) is 3.34. The SMILES string of the molecule is NC(c1ccccc1)C1C(C(=O)O)C1C(F)(F)F. The minimum atomic E-state index is -4.51. The molecule has 3 nitrogen and oxygen atoms in total. The van der Waals surface area contributed by atoms with Gasteiger partial charge < -0.3 is 10.8 Å². The quantitative estimate of drug-likeness (QED) is 0.874. The highest BCUT2D eigenvalue weighted by atomic mass is 19.4. The monoisotopic (exact) mass is 259 g/mol. The summed E-state index contributed by atoms with van der Waals surface area (Å²) < 4.78 is 38.0. The second-order valence-corrected chi connectivity index (χ2v) is 4.45. The molecule has 18 heavy (non-hydrogen) atoms. The zero-order valence-corrected chi connectivity index (χ0v) is 9.26. The van der Waals surface area contributed by atoms with Crippen molar-refractivity contribution in [2.24, 2.45) is 23.5 Å². The number of hydrogen-bond acceptors (Lipinski definition) is 2. The first-order valence-corrected chi connectivity index (χ1v) is 5.44. The normalized spacial score (nSPS) is 28.8. The van der Waals surface area contributed by atoms with Gasteiger partial charge in [0.15, 0.2) is 0 Å². The second kappa shape index (κ2) is 4.28. The van der Waals surface area contributed by atoms with Gasteiger partial charge in [-0.1, -0.05) is 30.3 Å². The minimum absolute atomic E-state index is 0.528. The third-order valence-corrected chi connectivity index (χ3v) is 3.34. The Morgan fingerprint density at radius 2 is 1.83 bits per heavy atom. The van der Waals surface area contributed by atoms with Crippen LogP contribution in [0.5, 0.6) is 0 Å². The lowest BCUT2D eigenvalue weighted by atomic mass is 10.0. The van der Waals surface area contributed by atoms with Crippen molar-refractivity contribution in [2.75, 3.05) is 0 Å². The molecule has 0 bridgehead atoms. The number of rotatable bonds is 3. The number of benzene rings is 1. The van der Waals surface area contributed by atoms with Crippen LogP contribution in [0.15, 0.2) is 30.3 Å². The second-order valence-electron chi connectivity index (χ2n) is 4.45. The van der Waals surface area contributed by atoms with Gasteiger partial charge in [-0.3, -0.25) is 4.79 Å². The van der Waals surface area contributed by atoms with E-state index in [0.717, 1.165) is 0 Å². The average Bonchev–Trinajstić information content (AvgIpc) is 3.04. The molecule has 6 heteroatoms. The number of alkyl halides is 3. The lowest BCUT2D eigenvalue weighted by molar-refractivity contribution is -0.161. The lowest BCUT2D eigenvalue weighted by Crippen LogP contribution is -2.19. The molecule has 1 aromatic carbocycles. The Kier molecular flexibility index (Phi) is 3.06. The lowest BCUT2D eigenvalue weighted by Gasteiger charge is -2.12. The molecule has 0 radical (unpaired) electrons. The van der Waals surface area contributed by atoms with E-state index in [9.17, 15) is 18.0 Å². The predicted octanol–water partition coefficient (Wildman–Crippen LogP) is 2.20. The maximum absolute atomic E-state index is 12.7. The molecular formula is C12H12F3NO2. The molecule has 4 atom stereocenters. The number of halogens is 3. The Hall–Kier alpha value is -1.56. The van der Waals surface area contributed by atoms with Crippen LogP contribution >= 0.6 is 0 Å². The van der Waals surface area contributed by atoms with Crippen LogP contribution in [-0.4, -0.2) is 17.3 Å². The molecule has 3 N–H and O–H groups in total. The molecule has 0 amide bonds. The topological polar surface area (TPSA) is 63.3 Å². The summed E-state index contributed by atoms with van der Waals surface area (Å²) >= 11 is 0. The Morgan fingerprint density at radius 1 is 1.28 bits per heavy atom. The van der Waals surface area contributed by atoms with Crippen molar-refractivity contribution in [1.29, 1.82) is 0 Å². The van der Waals surface area contributed by atoms with Crippen molar-refractivity contribution >= 4 is 5.97 Å². The summed E-state index contributed by atoms with van der Waals surface area (Å²) in [4.78, 5) is 10.8. The van der Waals surface area contributed by atoms with Gasteiger partial charge in [-0.25, -0.2) is 0 Å². The van der Waals surface area contributed by atoms with Gasteiger partial charge in [-0.05, 0) is 5.56 Å². The molecule has 0 spiro atoms. The Balaban J connectivity index is 2.21. The summed E-state index contributed by atoms with van der Waals surface area (Å²) in [5.41, 5.74) is 6.28. The zero-order valence-electron chi connectivity index (χ0n) is 9.26. The number of aliphatic carboxylic acids is 1. The van der Waals surface area contributed by atoms with E-state index < -0.39 is 35.9 Å². The smallest absolute Gasteiger partial charge is 0.393 e. The van der Waals surface area contributed by atoms with Gasteiger partial charge in [0.2, 0.25) is 0 Å². The molecular weight excluding hydrogens is 247 g/mol. The van der Waals surface area contributed by atoms with Crippen LogP contribution in [-0.2, 0) is 4.79 Å². The molecule has 0 aliphatic heterocycles. The molecule has 0 heterocycles. The molecule has 1 fully saturated rings. The first-order valence-electron chi connectivity index (χ1n) is 5.44. The highest BCUT2D eigenvalue weighted by Crippen LogP contribution is 2.59. The Morgan fingerprint density at radius 3 is 2.22 bits per heavy atom. The summed E-state index contributed by atoms with van der Waals surface area (Å²) in [6.45, 7) is 0. The standard InChI is InChI=1S/C12H12F3NO2/c13-12(14,15)9-7(8(9)11(17)18)10(16)6-4-2-1-3-5-6/h1-5,7-10H,16H2,(H,17,18). The van der Waals surface area contributed by atoms with Gasteiger partial charge in [0, 0.05) is 12.0 Å². The van der Waals surface area contributed by atoms with Crippen LogP contribution in [0.4, 0.5) is 13.2 Å². The molecule has 0 aromatic heterocycles. The molecule has 1 aliphatic rings. The molecule has 4 unspecified atom stereocenters. The molecule has 98 valence electrons. The van der Waals surface area contributed by atoms with Crippen LogP contribution in [0, 0.1) is 17.8 Å². The van der Waals surface area contributed by atoms with E-state index in [0.29, 0.717) is 5.56 Å². The Labute approximate surface area is 101 Å². The number of hydrogen-bond donors (Lipinski definition) is 2. The molecule has 2 rings (SSSR count). The van der Waals surface area contributed by atoms with Gasteiger partial charge in [0.1, 0.15) is 0 Å². The van der Waals surface area contributed by atoms with Crippen LogP contribution < -0.4 is 5.73 Å². The first kappa shape index (κ1) is 12.9. The number of carbonyl (C=O) groups is 1. The number of carboxylic acids is 1. The van der Waals surface area contributed by atoms with Crippen LogP contribution in [0.25, 0.3) is 0 Å². The van der Waals surface area contributed by atoms with E-state index in [1.165, 1.54) is 0 Å². The van der Waals surface area contributed by atoms with Crippen LogP contribution in [0.2, 0.25) is 0 Å². The van der Waals surface area contributed by atoms with Crippen molar-refractivity contribution in [3.63, 3.8) is 0 Å². The summed E-state index contributed by atoms with van der Waals surface area (Å²) in [6.07, 6.45) is -4.51. The van der Waals surface area contributed by atoms with Crippen molar-refractivity contribution in [3.8, 4) is 0 Å². The number of carboxylic acid groups (broad SMARTS) is 1. The zero-order chi connectivity index (χ0) is 13.5. The van der Waals surface area contributed by atoms with Crippen molar-refractivity contribution < 1.29 is 23.1 Å². The van der Waals surface area contributed by atoms with E-state index >= 15 is 0 Å². The number of nitrogens with two attached hydrogens (primary N) is 1. The molecule has 1 aliphatic carbocycles. The maximum Gasteiger partial charge on any atom is 0.393 e. The highest BCUT2D eigenvalue weighted by molar-refractivity contribution is 5.75. The summed E-state index contributed by atoms with van der Waals surface area (Å²) in [5.74, 6) is -5.79. The predicted molar refractivity (Wildman–Crippen MR) is 57.5 cm³/mol. The summed E-state index contributed by atoms with van der Waals surface area (Å²) in [5, 5.41) is 8.80. The molecule has 1 saturated carbocycles. The summed E-state index contributed by atoms with van der Waals surface area (Å²) in [7, 11) is 0. The molecule has 0 saturated heterocycles. The van der Waals surface area contributed by atoms with Gasteiger partial charge in [-0.2, -0.15) is 13.2 Å². The van der Waals surface area contributed by atoms with Crippen LogP contribution in [0.1, 0.15) is 11.6 Å². The highest BCUT2D eigenvalue weighted by Gasteiger charge is 2.69. The van der Waals surface area contributed by atoms with E-state index in [1.54, 1.807) is 30.3 Å². The first-order chi connectivity index (χ1) is 8.34. The van der Waals surface area contributed by atoms with Gasteiger partial charge in [-0.15, -0.1) is 0 Å². The van der Waals surface area contributed by atoms with Crippen LogP contribution in [0.3, 0.4) is 0 Å². The van der Waals surface area contributed by atoms with Crippen molar-refractivity contribution in [3.05, 3.63) is 35.9 Å². The van der Waals surface area contributed by atoms with Gasteiger partial charge in [0.05, 0.1) is 11.8 Å². The fraction of sp³-hybridized carbons (Fsp3) is 0.417. The van der Waals surface area contributed by atoms with E-state index in [2.05, 4.69) is 0 Å². The fourth-order valence-corrected chi connectivity index (χ4v) is 2.42. The average molecular weight is 259 g/mol. The maximum atomic E-state index is 12.7. The van der Waals surface area contributed by atoms with Gasteiger partial charge in [0.25, 0.3) is 0 Å². The third kappa shape index (κ3) is 2.20. The summed E-state index contributed by atoms with van der Waals surface area (Å²) in [6, 6.07) is 7.36. The minimum Gasteiger partial charge on any atom is -0.481 e. The van der Waals surface area contributed by atoms with E-state index in [-0.39, 0.29) is 0 Å². The van der Waals surface area contributed by atoms with E-state index in [1.807, 2.05) is 0 Å². The molecule has 1 aromatic rings. The Bertz CT molecular complexity index is 446. The largest absolute Gasteiger partial charge is 0.481 e. The van der Waals surface area contributed by atoms with Crippen molar-refractivity contribution in [2.45, 2.75) is 12.2 Å². The van der Waals surface area contributed by atoms with Crippen molar-refractivity contribution in [1.82, 2.24) is 0 Å². The van der Waals surface area contributed by atoms with Gasteiger partial charge >= 0.3 is 12.1 Å².